The standard InChI is InChI=1S/2C11H20O.C10H20O2.C7H14O/c2*1-4-11(12)9-7-5-6-8-10(2)3;1-9(2)7-5-4-6-8-10(11)12-3;1-7(2)5-3-4-6-8/h7,9-10H,4-6,8H2,1-3H3;4,10H,1,5-9H2,2-3H3;9H,4-8H2,1-3H3;6-7H,3-5H2,1-2H3/b9-7+;;;. The summed E-state index contributed by atoms with van der Waals surface area (Å²) in [6.45, 7) is 23.0. The van der Waals surface area contributed by atoms with Crippen LogP contribution in [0.3, 0.4) is 0 Å². The van der Waals surface area contributed by atoms with Crippen LogP contribution in [0, 0.1) is 23.7 Å². The molecule has 0 aliphatic rings. The number of allylic oxidation sites excluding steroid dienone is 3. The molecule has 0 N–H and O–H groups in total. The molecule has 0 aromatic carbocycles. The van der Waals surface area contributed by atoms with Crippen molar-refractivity contribution in [2.24, 2.45) is 23.7 Å². The van der Waals surface area contributed by atoms with Gasteiger partial charge < -0.3 is 9.53 Å². The number of hydrogen-bond acceptors (Lipinski definition) is 5. The Kier molecular flexibility index (Phi) is 43.3. The second-order valence-electron chi connectivity index (χ2n) is 13.3. The monoisotopic (exact) mass is 623 g/mol. The summed E-state index contributed by atoms with van der Waals surface area (Å²) >= 11 is 0. The number of aldehydes is 1. The van der Waals surface area contributed by atoms with E-state index in [1.54, 1.807) is 6.08 Å². The summed E-state index contributed by atoms with van der Waals surface area (Å²) in [7, 11) is 1.44. The topological polar surface area (TPSA) is 77.5 Å². The summed E-state index contributed by atoms with van der Waals surface area (Å²) in [5, 5.41) is 0. The summed E-state index contributed by atoms with van der Waals surface area (Å²) in [4.78, 5) is 42.1. The summed E-state index contributed by atoms with van der Waals surface area (Å²) in [6.07, 6.45) is 23.8. The van der Waals surface area contributed by atoms with Crippen molar-refractivity contribution in [1.29, 1.82) is 0 Å². The lowest BCUT2D eigenvalue weighted by atomic mass is 10.0. The number of hydrogen-bond donors (Lipinski definition) is 0. The van der Waals surface area contributed by atoms with Crippen LogP contribution in [-0.4, -0.2) is 30.9 Å². The number of methoxy groups -OCH3 is 1. The van der Waals surface area contributed by atoms with Gasteiger partial charge in [-0.15, -0.1) is 0 Å². The molecule has 0 spiro atoms. The van der Waals surface area contributed by atoms with Crippen LogP contribution in [0.1, 0.15) is 171 Å². The number of rotatable bonds is 23. The molecular weight excluding hydrogens is 548 g/mol. The smallest absolute Gasteiger partial charge is 0.305 e. The van der Waals surface area contributed by atoms with E-state index in [1.165, 1.54) is 64.6 Å². The first-order chi connectivity index (χ1) is 20.8. The Bertz CT molecular complexity index is 689. The molecule has 5 heteroatoms. The van der Waals surface area contributed by atoms with Gasteiger partial charge in [0.05, 0.1) is 7.11 Å². The molecule has 0 saturated carbocycles. The molecule has 0 fully saturated rings. The van der Waals surface area contributed by atoms with E-state index in [1.807, 2.05) is 13.0 Å². The highest BCUT2D eigenvalue weighted by molar-refractivity contribution is 5.89. The summed E-state index contributed by atoms with van der Waals surface area (Å²) in [5.41, 5.74) is 0. The average Bonchev–Trinajstić information content (AvgIpc) is 2.96. The van der Waals surface area contributed by atoms with Crippen molar-refractivity contribution >= 4 is 23.8 Å². The Labute approximate surface area is 274 Å². The van der Waals surface area contributed by atoms with Gasteiger partial charge in [0.25, 0.3) is 0 Å². The van der Waals surface area contributed by atoms with Crippen molar-refractivity contribution in [2.45, 2.75) is 171 Å². The lowest BCUT2D eigenvalue weighted by molar-refractivity contribution is -0.140. The molecule has 5 nitrogen and oxygen atoms in total. The van der Waals surface area contributed by atoms with Gasteiger partial charge in [0, 0.05) is 25.7 Å². The Hall–Kier alpha value is -2.04. The number of ether oxygens (including phenoxy) is 1. The van der Waals surface area contributed by atoms with Gasteiger partial charge in [-0.05, 0) is 67.9 Å². The predicted molar refractivity (Wildman–Crippen MR) is 191 cm³/mol. The first kappa shape index (κ1) is 48.9. The molecule has 0 amide bonds. The molecule has 0 bridgehead atoms. The first-order valence-electron chi connectivity index (χ1n) is 17.6. The van der Waals surface area contributed by atoms with E-state index in [0.717, 1.165) is 68.5 Å². The van der Waals surface area contributed by atoms with Gasteiger partial charge >= 0.3 is 5.97 Å². The van der Waals surface area contributed by atoms with E-state index >= 15 is 0 Å². The summed E-state index contributed by atoms with van der Waals surface area (Å²) < 4.78 is 4.54. The van der Waals surface area contributed by atoms with Crippen LogP contribution in [0.25, 0.3) is 0 Å². The van der Waals surface area contributed by atoms with Crippen molar-refractivity contribution < 1.29 is 23.9 Å². The fourth-order valence-electron chi connectivity index (χ4n) is 3.82. The minimum atomic E-state index is -0.0838. The lowest BCUT2D eigenvalue weighted by Crippen LogP contribution is -1.99. The minimum absolute atomic E-state index is 0.0838. The molecule has 0 atom stereocenters. The van der Waals surface area contributed by atoms with Crippen molar-refractivity contribution in [3.8, 4) is 0 Å². The van der Waals surface area contributed by atoms with Gasteiger partial charge in [-0.2, -0.15) is 0 Å². The van der Waals surface area contributed by atoms with E-state index in [-0.39, 0.29) is 17.5 Å². The third-order valence-electron chi connectivity index (χ3n) is 6.73. The van der Waals surface area contributed by atoms with Crippen LogP contribution in [-0.2, 0) is 23.9 Å². The Balaban J connectivity index is -0.000000245. The molecule has 0 aliphatic carbocycles. The zero-order valence-electron chi connectivity index (χ0n) is 30.9. The van der Waals surface area contributed by atoms with Crippen LogP contribution >= 0.6 is 0 Å². The van der Waals surface area contributed by atoms with E-state index in [9.17, 15) is 19.2 Å². The SMILES string of the molecule is C=CC(=O)CCCCCC(C)C.CC(C)CCCC=O.CCC(=O)/C=C/CCCC(C)C.COC(=O)CCCCCC(C)C. The van der Waals surface area contributed by atoms with Crippen LogP contribution in [0.5, 0.6) is 0 Å². The number of carbonyl (C=O) groups is 4. The summed E-state index contributed by atoms with van der Waals surface area (Å²) in [5.74, 6) is 3.43. The number of unbranched alkanes of at least 4 members (excludes halogenated alkanes) is 6. The third kappa shape index (κ3) is 55.8. The number of ketones is 2. The van der Waals surface area contributed by atoms with Gasteiger partial charge in [-0.1, -0.05) is 126 Å². The Morgan fingerprint density at radius 2 is 1.05 bits per heavy atom. The molecule has 0 radical (unpaired) electrons. The van der Waals surface area contributed by atoms with Gasteiger partial charge in [-0.25, -0.2) is 0 Å². The molecule has 44 heavy (non-hydrogen) atoms. The quantitative estimate of drug-likeness (QED) is 0.0490. The second-order valence-corrected chi connectivity index (χ2v) is 13.3. The molecule has 0 rings (SSSR count). The Morgan fingerprint density at radius 1 is 0.614 bits per heavy atom. The largest absolute Gasteiger partial charge is 0.469 e. The highest BCUT2D eigenvalue weighted by Crippen LogP contribution is 2.10. The average molecular weight is 623 g/mol. The molecule has 0 aromatic heterocycles. The zero-order valence-corrected chi connectivity index (χ0v) is 30.9. The van der Waals surface area contributed by atoms with E-state index in [0.29, 0.717) is 19.3 Å². The number of carbonyl (C=O) groups excluding carboxylic acids is 4. The van der Waals surface area contributed by atoms with Crippen molar-refractivity contribution in [3.63, 3.8) is 0 Å². The second kappa shape index (κ2) is 39.0. The van der Waals surface area contributed by atoms with Gasteiger partial charge in [0.1, 0.15) is 6.29 Å². The predicted octanol–water partition coefficient (Wildman–Crippen LogP) is 11.5. The fraction of sp³-hybridized carbons (Fsp3) is 0.795. The normalized spacial score (nSPS) is 10.5. The Morgan fingerprint density at radius 3 is 1.43 bits per heavy atom. The van der Waals surface area contributed by atoms with Gasteiger partial charge in [0.15, 0.2) is 11.6 Å². The van der Waals surface area contributed by atoms with Crippen LogP contribution in [0.4, 0.5) is 0 Å². The molecule has 0 aromatic rings. The van der Waals surface area contributed by atoms with Crippen LogP contribution in [0.15, 0.2) is 24.8 Å². The fourth-order valence-corrected chi connectivity index (χ4v) is 3.82. The number of esters is 1. The van der Waals surface area contributed by atoms with Crippen molar-refractivity contribution in [3.05, 3.63) is 24.8 Å². The van der Waals surface area contributed by atoms with Crippen molar-refractivity contribution in [1.82, 2.24) is 0 Å². The molecule has 0 unspecified atom stereocenters. The maximum absolute atomic E-state index is 10.8. The molecule has 260 valence electrons. The lowest BCUT2D eigenvalue weighted by Gasteiger charge is -2.03. The third-order valence-corrected chi connectivity index (χ3v) is 6.73. The maximum Gasteiger partial charge on any atom is 0.305 e. The first-order valence-corrected chi connectivity index (χ1v) is 17.6. The summed E-state index contributed by atoms with van der Waals surface area (Å²) in [6, 6.07) is 0. The van der Waals surface area contributed by atoms with Gasteiger partial charge in [-0.3, -0.25) is 14.4 Å². The minimum Gasteiger partial charge on any atom is -0.469 e. The highest BCUT2D eigenvalue weighted by Gasteiger charge is 2.00. The molecule has 0 aliphatic heterocycles. The van der Waals surface area contributed by atoms with Gasteiger partial charge in [0.2, 0.25) is 0 Å². The van der Waals surface area contributed by atoms with E-state index in [2.05, 4.69) is 66.7 Å². The van der Waals surface area contributed by atoms with E-state index < -0.39 is 0 Å². The van der Waals surface area contributed by atoms with Crippen LogP contribution in [0.2, 0.25) is 0 Å². The molecule has 0 heterocycles. The highest BCUT2D eigenvalue weighted by atomic mass is 16.5. The zero-order chi connectivity index (χ0) is 34.6. The molecular formula is C39H74O5. The van der Waals surface area contributed by atoms with Crippen LogP contribution < -0.4 is 0 Å². The van der Waals surface area contributed by atoms with Crippen molar-refractivity contribution in [2.75, 3.05) is 7.11 Å². The molecule has 0 saturated heterocycles. The van der Waals surface area contributed by atoms with E-state index in [4.69, 9.17) is 0 Å². The maximum atomic E-state index is 10.8.